The van der Waals surface area contributed by atoms with Gasteiger partial charge in [-0.15, -0.1) is 0 Å². The van der Waals surface area contributed by atoms with Gasteiger partial charge in [-0.3, -0.25) is 4.79 Å². The fourth-order valence-electron chi connectivity index (χ4n) is 3.51. The number of thiocarbonyl (C=S) groups is 1. The maximum atomic E-state index is 12.5. The van der Waals surface area contributed by atoms with Crippen LogP contribution in [0.2, 0.25) is 0 Å². The molecule has 2 rings (SSSR count). The van der Waals surface area contributed by atoms with Gasteiger partial charge in [0.1, 0.15) is 0 Å². The summed E-state index contributed by atoms with van der Waals surface area (Å²) in [7, 11) is 0. The van der Waals surface area contributed by atoms with Crippen LogP contribution in [0, 0.1) is 11.3 Å². The van der Waals surface area contributed by atoms with E-state index in [0.29, 0.717) is 10.9 Å². The molecule has 5 heteroatoms. The van der Waals surface area contributed by atoms with Crippen molar-refractivity contribution in [3.8, 4) is 0 Å². The van der Waals surface area contributed by atoms with Crippen molar-refractivity contribution < 1.29 is 4.79 Å². The lowest BCUT2D eigenvalue weighted by atomic mass is 9.62. The van der Waals surface area contributed by atoms with Crippen LogP contribution in [0.5, 0.6) is 0 Å². The maximum absolute atomic E-state index is 12.5. The van der Waals surface area contributed by atoms with Gasteiger partial charge in [0.2, 0.25) is 5.91 Å². The second-order valence-corrected chi connectivity index (χ2v) is 7.95. The first kappa shape index (κ1) is 15.1. The van der Waals surface area contributed by atoms with Gasteiger partial charge in [0.05, 0.1) is 10.4 Å². The summed E-state index contributed by atoms with van der Waals surface area (Å²) in [5.41, 5.74) is 5.25. The van der Waals surface area contributed by atoms with E-state index in [-0.39, 0.29) is 10.7 Å². The summed E-state index contributed by atoms with van der Waals surface area (Å²) in [6.45, 7) is 2.90. The predicted molar refractivity (Wildman–Crippen MR) is 85.3 cm³/mol. The molecule has 3 N–H and O–H groups in total. The van der Waals surface area contributed by atoms with Crippen LogP contribution in [0.4, 0.5) is 0 Å². The Bertz CT molecular complexity index is 372. The van der Waals surface area contributed by atoms with E-state index in [1.807, 2.05) is 11.8 Å². The average molecular weight is 300 g/mol. The highest BCUT2D eigenvalue weighted by Gasteiger charge is 2.51. The van der Waals surface area contributed by atoms with Crippen molar-refractivity contribution in [3.05, 3.63) is 0 Å². The van der Waals surface area contributed by atoms with Gasteiger partial charge in [-0.1, -0.05) is 32.0 Å². The SMILES string of the molecule is CSC1(CNC(=O)C2(C(N)=S)CC(C)C2)CCCC1. The zero-order valence-electron chi connectivity index (χ0n) is 11.8. The highest BCUT2D eigenvalue weighted by molar-refractivity contribution is 8.00. The Hall–Kier alpha value is -0.290. The molecule has 2 fully saturated rings. The number of carbonyl (C=O) groups excluding carboxylic acids is 1. The molecule has 0 aromatic rings. The standard InChI is InChI=1S/C14H24N2OS2/c1-10-7-14(8-10,11(15)18)12(17)16-9-13(19-2)5-3-4-6-13/h10H,3-9H2,1-2H3,(H2,15,18)(H,16,17). The van der Waals surface area contributed by atoms with E-state index >= 15 is 0 Å². The van der Waals surface area contributed by atoms with E-state index in [1.54, 1.807) is 0 Å². The van der Waals surface area contributed by atoms with E-state index < -0.39 is 5.41 Å². The Balaban J connectivity index is 1.95. The second-order valence-electron chi connectivity index (χ2n) is 6.24. The predicted octanol–water partition coefficient (Wildman–Crippen LogP) is 2.48. The van der Waals surface area contributed by atoms with Gasteiger partial charge in [-0.05, 0) is 37.9 Å². The molecule has 3 nitrogen and oxygen atoms in total. The lowest BCUT2D eigenvalue weighted by Crippen LogP contribution is -2.57. The fraction of sp³-hybridized carbons (Fsp3) is 0.857. The summed E-state index contributed by atoms with van der Waals surface area (Å²) in [6.07, 6.45) is 8.70. The number of nitrogens with two attached hydrogens (primary N) is 1. The summed E-state index contributed by atoms with van der Waals surface area (Å²) < 4.78 is 0.239. The van der Waals surface area contributed by atoms with E-state index in [2.05, 4.69) is 18.5 Å². The fourth-order valence-corrected chi connectivity index (χ4v) is 4.68. The molecule has 2 saturated carbocycles. The third-order valence-corrected chi connectivity index (χ3v) is 6.63. The number of nitrogens with one attached hydrogen (secondary N) is 1. The van der Waals surface area contributed by atoms with E-state index in [0.717, 1.165) is 19.4 Å². The zero-order valence-corrected chi connectivity index (χ0v) is 13.5. The molecular formula is C14H24N2OS2. The third kappa shape index (κ3) is 2.77. The van der Waals surface area contributed by atoms with Crippen molar-refractivity contribution in [2.75, 3.05) is 12.8 Å². The van der Waals surface area contributed by atoms with Crippen molar-refractivity contribution in [1.82, 2.24) is 5.32 Å². The summed E-state index contributed by atoms with van der Waals surface area (Å²) >= 11 is 7.02. The zero-order chi connectivity index (χ0) is 14.1. The molecule has 0 aliphatic heterocycles. The number of amides is 1. The minimum absolute atomic E-state index is 0.0541. The molecule has 0 unspecified atom stereocenters. The Labute approximate surface area is 125 Å². The summed E-state index contributed by atoms with van der Waals surface area (Å²) in [4.78, 5) is 12.8. The highest BCUT2D eigenvalue weighted by Crippen LogP contribution is 2.46. The van der Waals surface area contributed by atoms with Crippen molar-refractivity contribution in [2.24, 2.45) is 17.1 Å². The molecule has 0 radical (unpaired) electrons. The minimum Gasteiger partial charge on any atom is -0.392 e. The van der Waals surface area contributed by atoms with Gasteiger partial charge < -0.3 is 11.1 Å². The van der Waals surface area contributed by atoms with E-state index in [1.165, 1.54) is 25.7 Å². The molecule has 0 heterocycles. The molecule has 19 heavy (non-hydrogen) atoms. The lowest BCUT2D eigenvalue weighted by Gasteiger charge is -2.44. The van der Waals surface area contributed by atoms with Gasteiger partial charge in [-0.25, -0.2) is 0 Å². The smallest absolute Gasteiger partial charge is 0.233 e. The Morgan fingerprint density at radius 3 is 2.42 bits per heavy atom. The molecule has 0 atom stereocenters. The van der Waals surface area contributed by atoms with Crippen LogP contribution < -0.4 is 11.1 Å². The molecule has 0 spiro atoms. The van der Waals surface area contributed by atoms with Crippen molar-refractivity contribution in [2.45, 2.75) is 50.2 Å². The van der Waals surface area contributed by atoms with Gasteiger partial charge in [0.15, 0.2) is 0 Å². The molecule has 0 aromatic carbocycles. The Morgan fingerprint density at radius 2 is 2.00 bits per heavy atom. The van der Waals surface area contributed by atoms with Crippen molar-refractivity contribution in [3.63, 3.8) is 0 Å². The quantitative estimate of drug-likeness (QED) is 0.766. The monoisotopic (exact) mass is 300 g/mol. The van der Waals surface area contributed by atoms with Gasteiger partial charge in [-0.2, -0.15) is 11.8 Å². The van der Waals surface area contributed by atoms with Crippen LogP contribution in [-0.4, -0.2) is 28.4 Å². The Morgan fingerprint density at radius 1 is 1.42 bits per heavy atom. The van der Waals surface area contributed by atoms with Crippen LogP contribution >= 0.6 is 24.0 Å². The summed E-state index contributed by atoms with van der Waals surface area (Å²) in [5, 5.41) is 3.13. The van der Waals surface area contributed by atoms with E-state index in [9.17, 15) is 4.79 Å². The van der Waals surface area contributed by atoms with Crippen LogP contribution in [0.1, 0.15) is 45.4 Å². The van der Waals surface area contributed by atoms with Gasteiger partial charge in [0.25, 0.3) is 0 Å². The number of rotatable bonds is 5. The minimum atomic E-state index is -0.563. The maximum Gasteiger partial charge on any atom is 0.233 e. The number of thioether (sulfide) groups is 1. The number of hydrogen-bond donors (Lipinski definition) is 2. The second kappa shape index (κ2) is 5.60. The van der Waals surface area contributed by atoms with Crippen LogP contribution in [0.15, 0.2) is 0 Å². The average Bonchev–Trinajstić information content (AvgIpc) is 2.81. The molecule has 0 saturated heterocycles. The normalized spacial score (nSPS) is 32.6. The van der Waals surface area contributed by atoms with Gasteiger partial charge >= 0.3 is 0 Å². The first-order valence-corrected chi connectivity index (χ1v) is 8.71. The Kier molecular flexibility index (Phi) is 4.45. The lowest BCUT2D eigenvalue weighted by molar-refractivity contribution is -0.132. The third-order valence-electron chi connectivity index (χ3n) is 4.82. The molecule has 0 bridgehead atoms. The highest BCUT2D eigenvalue weighted by atomic mass is 32.2. The number of hydrogen-bond acceptors (Lipinski definition) is 3. The number of carbonyl (C=O) groups is 1. The molecule has 2 aliphatic carbocycles. The van der Waals surface area contributed by atoms with Crippen LogP contribution in [-0.2, 0) is 4.79 Å². The summed E-state index contributed by atoms with van der Waals surface area (Å²) in [6, 6.07) is 0. The van der Waals surface area contributed by atoms with Crippen LogP contribution in [0.25, 0.3) is 0 Å². The largest absolute Gasteiger partial charge is 0.392 e. The molecule has 0 aromatic heterocycles. The molecular weight excluding hydrogens is 276 g/mol. The van der Waals surface area contributed by atoms with Crippen LogP contribution in [0.3, 0.4) is 0 Å². The van der Waals surface area contributed by atoms with Crippen molar-refractivity contribution >= 4 is 34.9 Å². The first-order chi connectivity index (χ1) is 8.94. The summed E-state index contributed by atoms with van der Waals surface area (Å²) in [5.74, 6) is 0.603. The van der Waals surface area contributed by atoms with Gasteiger partial charge in [0, 0.05) is 11.3 Å². The molecule has 2 aliphatic rings. The van der Waals surface area contributed by atoms with Crippen molar-refractivity contribution in [1.29, 1.82) is 0 Å². The topological polar surface area (TPSA) is 55.1 Å². The first-order valence-electron chi connectivity index (χ1n) is 7.07. The van der Waals surface area contributed by atoms with E-state index in [4.69, 9.17) is 18.0 Å². The molecule has 1 amide bonds. The molecule has 108 valence electrons.